The lowest BCUT2D eigenvalue weighted by molar-refractivity contribution is -0.118. The molecule has 0 aromatic rings. The monoisotopic (exact) mass is 247 g/mol. The van der Waals surface area contributed by atoms with Crippen LogP contribution < -0.4 is 5.32 Å². The van der Waals surface area contributed by atoms with E-state index in [0.717, 1.165) is 0 Å². The number of nitrogens with one attached hydrogen (secondary N) is 1. The Morgan fingerprint density at radius 2 is 1.40 bits per heavy atom. The first kappa shape index (κ1) is 19.4. The van der Waals surface area contributed by atoms with Gasteiger partial charge in [0.2, 0.25) is 5.91 Å². The fraction of sp³-hybridized carbons (Fsp3) is 0.667. The van der Waals surface area contributed by atoms with Gasteiger partial charge in [0.25, 0.3) is 0 Å². The third kappa shape index (κ3) is 190. The summed E-state index contributed by atoms with van der Waals surface area (Å²) >= 11 is 0. The fourth-order valence-corrected chi connectivity index (χ4v) is 0. The van der Waals surface area contributed by atoms with E-state index in [1.165, 1.54) is 6.92 Å². The number of rotatable bonds is 0. The molecular formula is C6H18N2O6S. The molecule has 0 rings (SSSR count). The van der Waals surface area contributed by atoms with Gasteiger partial charge >= 0.3 is 10.4 Å². The highest BCUT2D eigenvalue weighted by Gasteiger charge is 1.84. The van der Waals surface area contributed by atoms with E-state index >= 15 is 0 Å². The molecule has 0 atom stereocenters. The zero-order valence-electron chi connectivity index (χ0n) is 8.92. The van der Waals surface area contributed by atoms with E-state index in [4.69, 9.17) is 22.7 Å². The van der Waals surface area contributed by atoms with Crippen LogP contribution in [0.3, 0.4) is 0 Å². The summed E-state index contributed by atoms with van der Waals surface area (Å²) in [4.78, 5) is 9.70. The number of carbonyl (C=O) groups is 1. The van der Waals surface area contributed by atoms with Crippen molar-refractivity contribution in [1.29, 1.82) is 0 Å². The second-order valence-electron chi connectivity index (χ2n) is 2.30. The first-order chi connectivity index (χ1) is 6.54. The molecule has 0 spiro atoms. The van der Waals surface area contributed by atoms with Crippen LogP contribution in [-0.2, 0) is 15.2 Å². The van der Waals surface area contributed by atoms with Gasteiger partial charge in [0, 0.05) is 15.4 Å². The lowest BCUT2D eigenvalue weighted by Gasteiger charge is -1.80. The fourth-order valence-electron chi connectivity index (χ4n) is 0. The van der Waals surface area contributed by atoms with E-state index in [0.29, 0.717) is 5.71 Å². The van der Waals surface area contributed by atoms with Gasteiger partial charge in [0.1, 0.15) is 0 Å². The van der Waals surface area contributed by atoms with E-state index in [1.807, 2.05) is 0 Å². The van der Waals surface area contributed by atoms with Gasteiger partial charge in [-0.1, -0.05) is 5.16 Å². The SMILES string of the molecule is CC(C)=NO.CNC(C)=O.O=S(=O)(O)O.[2HH]. The van der Waals surface area contributed by atoms with Crippen LogP contribution in [0.1, 0.15) is 22.2 Å². The van der Waals surface area contributed by atoms with E-state index in [-0.39, 0.29) is 7.33 Å². The maximum absolute atomic E-state index is 9.70. The Hall–Kier alpha value is -1.19. The standard InChI is InChI=1S/2C3H7NO.H2O4S.H2/c1-3(5)4-2;1-3(2)4-5;1-5(2,3)4;/h1-2H3,(H,4,5);5H,1-2H3;(H2,1,2,3,4);1H/i;;;1+1. The predicted octanol–water partition coefficient (Wildman–Crippen LogP) is 0.202. The predicted molar refractivity (Wildman–Crippen MR) is 56.6 cm³/mol. The number of oxime groups is 1. The summed E-state index contributed by atoms with van der Waals surface area (Å²) in [6.45, 7) is 4.92. The van der Waals surface area contributed by atoms with E-state index in [9.17, 15) is 4.79 Å². The Kier molecular flexibility index (Phi) is 14.1. The van der Waals surface area contributed by atoms with Gasteiger partial charge in [-0.25, -0.2) is 0 Å². The van der Waals surface area contributed by atoms with Crippen molar-refractivity contribution in [3.63, 3.8) is 0 Å². The third-order valence-electron chi connectivity index (χ3n) is 0.552. The summed E-state index contributed by atoms with van der Waals surface area (Å²) in [5.74, 6) is 0.00463. The summed E-state index contributed by atoms with van der Waals surface area (Å²) in [6, 6.07) is 0. The normalized spacial score (nSPS) is 8.40. The molecule has 1 amide bonds. The Morgan fingerprint density at radius 1 is 1.27 bits per heavy atom. The Labute approximate surface area is 90.0 Å². The van der Waals surface area contributed by atoms with Crippen LogP contribution in [0, 0.1) is 0 Å². The molecule has 0 aliphatic carbocycles. The van der Waals surface area contributed by atoms with Gasteiger partial charge in [-0.2, -0.15) is 8.42 Å². The molecule has 0 saturated heterocycles. The molecule has 0 aliphatic heterocycles. The first-order valence-electron chi connectivity index (χ1n) is 3.58. The molecule has 94 valence electrons. The smallest absolute Gasteiger partial charge is 0.394 e. The largest absolute Gasteiger partial charge is 0.411 e. The molecule has 4 N–H and O–H groups in total. The summed E-state index contributed by atoms with van der Waals surface area (Å²) < 4.78 is 31.6. The highest BCUT2D eigenvalue weighted by atomic mass is 32.3. The average Bonchev–Trinajstić information content (AvgIpc) is 2.02. The molecule has 15 heavy (non-hydrogen) atoms. The van der Waals surface area contributed by atoms with E-state index in [2.05, 4.69) is 10.5 Å². The lowest BCUT2D eigenvalue weighted by atomic mass is 10.5. The van der Waals surface area contributed by atoms with Crippen molar-refractivity contribution in [2.24, 2.45) is 5.16 Å². The van der Waals surface area contributed by atoms with Crippen molar-refractivity contribution in [2.45, 2.75) is 20.8 Å². The molecule has 0 heterocycles. The molecule has 8 nitrogen and oxygen atoms in total. The summed E-state index contributed by atoms with van der Waals surface area (Å²) in [5, 5.41) is 12.9. The lowest BCUT2D eigenvalue weighted by Crippen LogP contribution is -2.11. The van der Waals surface area contributed by atoms with Crippen molar-refractivity contribution < 1.29 is 29.0 Å². The molecule has 0 bridgehead atoms. The van der Waals surface area contributed by atoms with E-state index in [1.54, 1.807) is 20.9 Å². The highest BCUT2D eigenvalue weighted by Crippen LogP contribution is 1.62. The Balaban J connectivity index is -0.0000000655. The van der Waals surface area contributed by atoms with Gasteiger partial charge in [-0.15, -0.1) is 0 Å². The minimum Gasteiger partial charge on any atom is -0.411 e. The van der Waals surface area contributed by atoms with Crippen molar-refractivity contribution in [3.05, 3.63) is 0 Å². The van der Waals surface area contributed by atoms with Crippen molar-refractivity contribution in [3.8, 4) is 0 Å². The van der Waals surface area contributed by atoms with Gasteiger partial charge < -0.3 is 10.5 Å². The summed E-state index contributed by atoms with van der Waals surface area (Å²) in [7, 11) is -3.07. The first-order valence-corrected chi connectivity index (χ1v) is 4.97. The number of amides is 1. The zero-order chi connectivity index (χ0) is 13.1. The van der Waals surface area contributed by atoms with Crippen LogP contribution in [0.5, 0.6) is 0 Å². The average molecular weight is 247 g/mol. The Bertz CT molecular complexity index is 277. The quantitative estimate of drug-likeness (QED) is 0.209. The van der Waals surface area contributed by atoms with Crippen LogP contribution in [0.25, 0.3) is 0 Å². The second-order valence-corrected chi connectivity index (χ2v) is 3.20. The Morgan fingerprint density at radius 3 is 1.40 bits per heavy atom. The maximum Gasteiger partial charge on any atom is 0.394 e. The summed E-state index contributed by atoms with van der Waals surface area (Å²) in [5.41, 5.74) is 0.685. The van der Waals surface area contributed by atoms with Crippen molar-refractivity contribution in [2.75, 3.05) is 7.05 Å². The van der Waals surface area contributed by atoms with Gasteiger partial charge in [-0.3, -0.25) is 13.9 Å². The van der Waals surface area contributed by atoms with Crippen molar-refractivity contribution in [1.82, 2.24) is 5.32 Å². The third-order valence-corrected chi connectivity index (χ3v) is 0.552. The van der Waals surface area contributed by atoms with Crippen LogP contribution >= 0.6 is 0 Å². The molecule has 0 aliphatic rings. The number of hydrogen-bond donors (Lipinski definition) is 4. The molecule has 0 radical (unpaired) electrons. The molecule has 0 saturated carbocycles. The molecule has 0 fully saturated rings. The molecular weight excluding hydrogens is 228 g/mol. The van der Waals surface area contributed by atoms with Crippen LogP contribution in [0.15, 0.2) is 5.16 Å². The van der Waals surface area contributed by atoms with Gasteiger partial charge in [0.05, 0.1) is 5.71 Å². The van der Waals surface area contributed by atoms with Crippen LogP contribution in [0.4, 0.5) is 0 Å². The van der Waals surface area contributed by atoms with Gasteiger partial charge in [0.15, 0.2) is 0 Å². The summed E-state index contributed by atoms with van der Waals surface area (Å²) in [6.07, 6.45) is 0. The minimum atomic E-state index is -4.67. The van der Waals surface area contributed by atoms with Crippen molar-refractivity contribution >= 4 is 22.0 Å². The second kappa shape index (κ2) is 10.9. The zero-order valence-corrected chi connectivity index (χ0v) is 9.74. The van der Waals surface area contributed by atoms with Crippen LogP contribution in [-0.4, -0.2) is 41.4 Å². The highest BCUT2D eigenvalue weighted by molar-refractivity contribution is 7.79. The number of hydrogen-bond acceptors (Lipinski definition) is 5. The van der Waals surface area contributed by atoms with Crippen LogP contribution in [0.2, 0.25) is 0 Å². The maximum atomic E-state index is 9.70. The van der Waals surface area contributed by atoms with E-state index < -0.39 is 10.4 Å². The molecule has 9 heteroatoms. The topological polar surface area (TPSA) is 136 Å². The molecule has 0 aromatic carbocycles. The minimum absolute atomic E-state index is 0. The number of carbonyl (C=O) groups excluding carboxylic acids is 1. The van der Waals surface area contributed by atoms with Gasteiger partial charge in [-0.05, 0) is 13.8 Å². The number of nitrogens with zero attached hydrogens (tertiary/aromatic N) is 1. The molecule has 0 aromatic heterocycles. The molecule has 0 unspecified atom stereocenters.